The van der Waals surface area contributed by atoms with E-state index in [9.17, 15) is 4.79 Å². The van der Waals surface area contributed by atoms with Gasteiger partial charge in [-0.2, -0.15) is 0 Å². The number of carbonyl (C=O) groups is 1. The van der Waals surface area contributed by atoms with E-state index in [1.807, 2.05) is 0 Å². The lowest BCUT2D eigenvalue weighted by atomic mass is 10.5. The third kappa shape index (κ3) is 0.846. The molecule has 0 saturated heterocycles. The van der Waals surface area contributed by atoms with Crippen LogP contribution in [0, 0.1) is 12.5 Å². The maximum absolute atomic E-state index is 10.1. The fraction of sp³-hybridized carbons (Fsp3) is 0. The lowest BCUT2D eigenvalue weighted by molar-refractivity contribution is 0.111. The number of hydrogen-bond donors (Lipinski definition) is 0. The van der Waals surface area contributed by atoms with Crippen LogP contribution in [0.2, 0.25) is 0 Å². The summed E-state index contributed by atoms with van der Waals surface area (Å²) in [5.74, 6) is 0. The van der Waals surface area contributed by atoms with Gasteiger partial charge in [-0.3, -0.25) is 9.36 Å². The van der Waals surface area contributed by atoms with Crippen LogP contribution in [0.4, 0.5) is 0 Å². The molecular formula is C7H5NO. The fourth-order valence-electron chi connectivity index (χ4n) is 0.608. The van der Waals surface area contributed by atoms with Crippen LogP contribution in [-0.2, 0) is 0 Å². The van der Waals surface area contributed by atoms with Crippen LogP contribution in [0.1, 0.15) is 10.5 Å². The minimum absolute atomic E-state index is 0.512. The van der Waals surface area contributed by atoms with Crippen molar-refractivity contribution in [2.75, 3.05) is 0 Å². The van der Waals surface area contributed by atoms with Gasteiger partial charge in [0, 0.05) is 12.2 Å². The van der Waals surface area contributed by atoms with Gasteiger partial charge < -0.3 is 0 Å². The molecule has 1 rings (SSSR count). The van der Waals surface area contributed by atoms with Crippen molar-refractivity contribution >= 4 is 6.29 Å². The van der Waals surface area contributed by atoms with E-state index >= 15 is 0 Å². The lowest BCUT2D eigenvalue weighted by Crippen LogP contribution is -1.90. The zero-order chi connectivity index (χ0) is 6.69. The van der Waals surface area contributed by atoms with Gasteiger partial charge in [-0.05, 0) is 12.1 Å². The first-order valence-electron chi connectivity index (χ1n) is 2.47. The number of nitrogens with zero attached hydrogens (tertiary/aromatic N) is 1. The molecule has 0 radical (unpaired) electrons. The summed E-state index contributed by atoms with van der Waals surface area (Å²) < 4.78 is 1.42. The summed E-state index contributed by atoms with van der Waals surface area (Å²) in [6.45, 7) is 0. The first-order chi connectivity index (χ1) is 4.38. The number of aromatic nitrogens is 1. The second-order valence-corrected chi connectivity index (χ2v) is 1.55. The quantitative estimate of drug-likeness (QED) is 0.394. The molecule has 0 aromatic carbocycles. The fourth-order valence-corrected chi connectivity index (χ4v) is 0.608. The first-order valence-corrected chi connectivity index (χ1v) is 2.47. The van der Waals surface area contributed by atoms with Crippen molar-refractivity contribution in [2.45, 2.75) is 0 Å². The number of rotatable bonds is 1. The Kier molecular flexibility index (Phi) is 1.37. The number of aldehydes is 1. The summed E-state index contributed by atoms with van der Waals surface area (Å²) in [7, 11) is 0. The molecule has 0 N–H and O–H groups in total. The second-order valence-electron chi connectivity index (χ2n) is 1.55. The van der Waals surface area contributed by atoms with Gasteiger partial charge >= 0.3 is 0 Å². The summed E-state index contributed by atoms with van der Waals surface area (Å²) in [5.41, 5.74) is 0.512. The van der Waals surface area contributed by atoms with Gasteiger partial charge in [-0.1, -0.05) is 6.42 Å². The smallest absolute Gasteiger partial charge is 0.167 e. The standard InChI is InChI=1S/C7H5NO/c1-2-8-5-3-4-7(8)6-9/h1,3-6H. The van der Waals surface area contributed by atoms with E-state index in [1.54, 1.807) is 18.3 Å². The van der Waals surface area contributed by atoms with Crippen LogP contribution >= 0.6 is 0 Å². The lowest BCUT2D eigenvalue weighted by Gasteiger charge is -1.87. The van der Waals surface area contributed by atoms with Crippen LogP contribution in [0.5, 0.6) is 0 Å². The van der Waals surface area contributed by atoms with Crippen molar-refractivity contribution in [3.63, 3.8) is 0 Å². The van der Waals surface area contributed by atoms with E-state index in [2.05, 4.69) is 6.04 Å². The van der Waals surface area contributed by atoms with Crippen molar-refractivity contribution in [1.82, 2.24) is 4.57 Å². The molecule has 2 heteroatoms. The van der Waals surface area contributed by atoms with Crippen molar-refractivity contribution in [3.8, 4) is 12.5 Å². The van der Waals surface area contributed by atoms with Crippen LogP contribution in [0.15, 0.2) is 18.3 Å². The monoisotopic (exact) mass is 119 g/mol. The predicted molar refractivity (Wildman–Crippen MR) is 34.1 cm³/mol. The largest absolute Gasteiger partial charge is 0.296 e. The highest BCUT2D eigenvalue weighted by atomic mass is 16.1. The van der Waals surface area contributed by atoms with Crippen LogP contribution < -0.4 is 0 Å². The van der Waals surface area contributed by atoms with Crippen molar-refractivity contribution in [1.29, 1.82) is 0 Å². The molecule has 1 heterocycles. The van der Waals surface area contributed by atoms with E-state index in [0.717, 1.165) is 6.29 Å². The van der Waals surface area contributed by atoms with Crippen molar-refractivity contribution in [3.05, 3.63) is 24.0 Å². The van der Waals surface area contributed by atoms with Gasteiger partial charge in [0.1, 0.15) is 0 Å². The Bertz CT molecular complexity index is 254. The molecule has 9 heavy (non-hydrogen) atoms. The molecule has 2 nitrogen and oxygen atoms in total. The van der Waals surface area contributed by atoms with Crippen LogP contribution in [0.3, 0.4) is 0 Å². The number of hydrogen-bond acceptors (Lipinski definition) is 1. The van der Waals surface area contributed by atoms with E-state index < -0.39 is 0 Å². The van der Waals surface area contributed by atoms with Gasteiger partial charge in [-0.25, -0.2) is 0 Å². The molecule has 0 amide bonds. The molecule has 0 aliphatic heterocycles. The van der Waals surface area contributed by atoms with Gasteiger partial charge in [0.05, 0.1) is 5.69 Å². The van der Waals surface area contributed by atoms with E-state index in [-0.39, 0.29) is 0 Å². The average molecular weight is 119 g/mol. The molecule has 1 aromatic heterocycles. The Morgan fingerprint density at radius 3 is 3.00 bits per heavy atom. The van der Waals surface area contributed by atoms with Crippen LogP contribution in [0.25, 0.3) is 0 Å². The molecule has 0 spiro atoms. The Morgan fingerprint density at radius 1 is 1.78 bits per heavy atom. The van der Waals surface area contributed by atoms with E-state index in [4.69, 9.17) is 6.42 Å². The minimum atomic E-state index is 0.512. The van der Waals surface area contributed by atoms with E-state index in [1.165, 1.54) is 4.57 Å². The molecule has 0 aliphatic carbocycles. The molecule has 0 saturated carbocycles. The zero-order valence-corrected chi connectivity index (χ0v) is 4.74. The van der Waals surface area contributed by atoms with Crippen LogP contribution in [-0.4, -0.2) is 10.9 Å². The highest BCUT2D eigenvalue weighted by Gasteiger charge is 1.91. The molecule has 0 fully saturated rings. The summed E-state index contributed by atoms with van der Waals surface area (Å²) >= 11 is 0. The minimum Gasteiger partial charge on any atom is -0.296 e. The van der Waals surface area contributed by atoms with Crippen molar-refractivity contribution in [2.24, 2.45) is 0 Å². The Hall–Kier alpha value is -1.49. The van der Waals surface area contributed by atoms with Crippen molar-refractivity contribution < 1.29 is 4.79 Å². The molecule has 1 aromatic rings. The third-order valence-electron chi connectivity index (χ3n) is 1.04. The molecular weight excluding hydrogens is 114 g/mol. The molecule has 44 valence electrons. The second kappa shape index (κ2) is 2.19. The maximum atomic E-state index is 10.1. The SMILES string of the molecule is C#Cn1cccc1C=O. The van der Waals surface area contributed by atoms with Gasteiger partial charge in [0.25, 0.3) is 0 Å². The topological polar surface area (TPSA) is 22.0 Å². The van der Waals surface area contributed by atoms with Gasteiger partial charge in [0.2, 0.25) is 0 Å². The Morgan fingerprint density at radius 2 is 2.56 bits per heavy atom. The molecule has 0 bridgehead atoms. The Labute approximate surface area is 53.1 Å². The predicted octanol–water partition coefficient (Wildman–Crippen LogP) is 0.739. The molecule has 0 atom stereocenters. The maximum Gasteiger partial charge on any atom is 0.167 e. The summed E-state index contributed by atoms with van der Waals surface area (Å²) in [4.78, 5) is 10.1. The highest BCUT2D eigenvalue weighted by Crippen LogP contribution is 1.94. The van der Waals surface area contributed by atoms with Gasteiger partial charge in [0.15, 0.2) is 6.29 Å². The first kappa shape index (κ1) is 5.64. The normalized spacial score (nSPS) is 8.33. The summed E-state index contributed by atoms with van der Waals surface area (Å²) in [5, 5.41) is 0. The van der Waals surface area contributed by atoms with Gasteiger partial charge in [-0.15, -0.1) is 0 Å². The zero-order valence-electron chi connectivity index (χ0n) is 4.74. The molecule has 0 unspecified atom stereocenters. The number of carbonyl (C=O) groups excluding carboxylic acids is 1. The molecule has 0 aliphatic rings. The third-order valence-corrected chi connectivity index (χ3v) is 1.04. The average Bonchev–Trinajstić information content (AvgIpc) is 2.33. The summed E-state index contributed by atoms with van der Waals surface area (Å²) in [6.07, 6.45) is 7.40. The number of terminal acetylenes is 1. The van der Waals surface area contributed by atoms with E-state index in [0.29, 0.717) is 5.69 Å². The summed E-state index contributed by atoms with van der Waals surface area (Å²) in [6, 6.07) is 5.70. The highest BCUT2D eigenvalue weighted by molar-refractivity contribution is 5.72. The Balaban J connectivity index is 3.17.